The Balaban J connectivity index is 2.42. The van der Waals surface area contributed by atoms with Gasteiger partial charge in [0.25, 0.3) is 0 Å². The van der Waals surface area contributed by atoms with Crippen molar-refractivity contribution in [1.29, 1.82) is 0 Å². The molecule has 0 bridgehead atoms. The molecule has 1 aromatic heterocycles. The predicted octanol–water partition coefficient (Wildman–Crippen LogP) is 0.881. The number of hydrogen-bond acceptors (Lipinski definition) is 4. The van der Waals surface area contributed by atoms with E-state index in [1.54, 1.807) is 0 Å². The molecule has 84 valence electrons. The van der Waals surface area contributed by atoms with Crippen molar-refractivity contribution in [3.8, 4) is 0 Å². The summed E-state index contributed by atoms with van der Waals surface area (Å²) >= 11 is 1.54. The third-order valence-corrected chi connectivity index (χ3v) is 2.91. The first-order valence-electron chi connectivity index (χ1n) is 4.97. The van der Waals surface area contributed by atoms with E-state index >= 15 is 0 Å². The highest BCUT2D eigenvalue weighted by molar-refractivity contribution is 7.09. The van der Waals surface area contributed by atoms with Gasteiger partial charge in [-0.15, -0.1) is 11.3 Å². The number of nitrogens with one attached hydrogen (secondary N) is 1. The molecule has 1 aromatic rings. The van der Waals surface area contributed by atoms with Crippen LogP contribution in [0, 0.1) is 6.92 Å². The van der Waals surface area contributed by atoms with Gasteiger partial charge in [0.15, 0.2) is 0 Å². The molecule has 1 heterocycles. The molecule has 2 N–H and O–H groups in total. The van der Waals surface area contributed by atoms with E-state index < -0.39 is 0 Å². The number of rotatable bonds is 5. The number of carbonyl (C=O) groups is 1. The Hall–Kier alpha value is -0.940. The molecule has 0 aliphatic rings. The average molecular weight is 228 g/mol. The van der Waals surface area contributed by atoms with E-state index in [1.165, 1.54) is 11.3 Å². The standard InChI is InChI=1S/C10H16N2O2S/c1-3-8(5-13)12-10(14)4-9-6-15-7(2)11-9/h6,8,13H,3-5H2,1-2H3,(H,12,14). The lowest BCUT2D eigenvalue weighted by atomic mass is 10.2. The van der Waals surface area contributed by atoms with Crippen LogP contribution in [0.5, 0.6) is 0 Å². The zero-order valence-corrected chi connectivity index (χ0v) is 9.80. The average Bonchev–Trinajstić information content (AvgIpc) is 2.60. The number of thiazole rings is 1. The molecule has 4 nitrogen and oxygen atoms in total. The lowest BCUT2D eigenvalue weighted by molar-refractivity contribution is -0.121. The first kappa shape index (κ1) is 12.1. The fraction of sp³-hybridized carbons (Fsp3) is 0.600. The van der Waals surface area contributed by atoms with Crippen LogP contribution in [0.15, 0.2) is 5.38 Å². The summed E-state index contributed by atoms with van der Waals surface area (Å²) in [7, 11) is 0. The topological polar surface area (TPSA) is 62.2 Å². The number of aryl methyl sites for hydroxylation is 1. The van der Waals surface area contributed by atoms with Crippen molar-refractivity contribution < 1.29 is 9.90 Å². The Kier molecular flexibility index (Phi) is 4.71. The van der Waals surface area contributed by atoms with Gasteiger partial charge in [0.05, 0.1) is 29.8 Å². The molecule has 0 saturated heterocycles. The van der Waals surface area contributed by atoms with Gasteiger partial charge in [-0.05, 0) is 13.3 Å². The zero-order chi connectivity index (χ0) is 11.3. The van der Waals surface area contributed by atoms with Crippen LogP contribution in [-0.2, 0) is 11.2 Å². The van der Waals surface area contributed by atoms with Gasteiger partial charge in [0.1, 0.15) is 0 Å². The van der Waals surface area contributed by atoms with Gasteiger partial charge >= 0.3 is 0 Å². The molecule has 0 spiro atoms. The smallest absolute Gasteiger partial charge is 0.226 e. The first-order valence-corrected chi connectivity index (χ1v) is 5.85. The third kappa shape index (κ3) is 3.97. The summed E-state index contributed by atoms with van der Waals surface area (Å²) in [5, 5.41) is 14.5. The molecular formula is C10H16N2O2S. The number of nitrogens with zero attached hydrogens (tertiary/aromatic N) is 1. The molecule has 1 atom stereocenters. The van der Waals surface area contributed by atoms with Crippen molar-refractivity contribution in [2.24, 2.45) is 0 Å². The molecule has 1 amide bonds. The number of amides is 1. The van der Waals surface area contributed by atoms with Crippen molar-refractivity contribution in [2.75, 3.05) is 6.61 Å². The highest BCUT2D eigenvalue weighted by Gasteiger charge is 2.10. The summed E-state index contributed by atoms with van der Waals surface area (Å²) in [5.74, 6) is -0.0822. The van der Waals surface area contributed by atoms with Gasteiger partial charge in [-0.25, -0.2) is 4.98 Å². The Labute approximate surface area is 93.4 Å². The molecule has 0 aliphatic carbocycles. The van der Waals surface area contributed by atoms with E-state index in [4.69, 9.17) is 5.11 Å². The summed E-state index contributed by atoms with van der Waals surface area (Å²) in [6.07, 6.45) is 1.03. The highest BCUT2D eigenvalue weighted by Crippen LogP contribution is 2.08. The van der Waals surface area contributed by atoms with Gasteiger partial charge in [-0.3, -0.25) is 4.79 Å². The normalized spacial score (nSPS) is 12.5. The molecule has 0 aliphatic heterocycles. The van der Waals surface area contributed by atoms with Gasteiger partial charge in [-0.2, -0.15) is 0 Å². The number of aromatic nitrogens is 1. The van der Waals surface area contributed by atoms with Crippen molar-refractivity contribution >= 4 is 17.2 Å². The minimum Gasteiger partial charge on any atom is -0.394 e. The molecule has 0 aromatic carbocycles. The largest absolute Gasteiger partial charge is 0.394 e. The van der Waals surface area contributed by atoms with Gasteiger partial charge in [0.2, 0.25) is 5.91 Å². The minimum absolute atomic E-state index is 0.0155. The minimum atomic E-state index is -0.141. The lowest BCUT2D eigenvalue weighted by Gasteiger charge is -2.13. The van der Waals surface area contributed by atoms with Crippen LogP contribution in [0.1, 0.15) is 24.0 Å². The van der Waals surface area contributed by atoms with Crippen molar-refractivity contribution in [3.05, 3.63) is 16.1 Å². The quantitative estimate of drug-likeness (QED) is 0.786. The van der Waals surface area contributed by atoms with E-state index in [9.17, 15) is 4.79 Å². The molecule has 15 heavy (non-hydrogen) atoms. The molecular weight excluding hydrogens is 212 g/mol. The third-order valence-electron chi connectivity index (χ3n) is 2.09. The Bertz CT molecular complexity index is 321. The molecule has 1 rings (SSSR count). The molecule has 1 unspecified atom stereocenters. The second kappa shape index (κ2) is 5.82. The fourth-order valence-electron chi connectivity index (χ4n) is 1.21. The van der Waals surface area contributed by atoms with Crippen LogP contribution in [-0.4, -0.2) is 28.6 Å². The number of aliphatic hydroxyl groups is 1. The Morgan fingerprint density at radius 1 is 1.73 bits per heavy atom. The van der Waals surface area contributed by atoms with Crippen LogP contribution >= 0.6 is 11.3 Å². The summed E-state index contributed by atoms with van der Waals surface area (Å²) in [6, 6.07) is -0.141. The Morgan fingerprint density at radius 2 is 2.47 bits per heavy atom. The van der Waals surface area contributed by atoms with Crippen molar-refractivity contribution in [1.82, 2.24) is 10.3 Å². The first-order chi connectivity index (χ1) is 7.15. The van der Waals surface area contributed by atoms with Crippen LogP contribution in [0.4, 0.5) is 0 Å². The fourth-order valence-corrected chi connectivity index (χ4v) is 1.82. The van der Waals surface area contributed by atoms with E-state index in [0.29, 0.717) is 6.42 Å². The molecule has 0 fully saturated rings. The Morgan fingerprint density at radius 3 is 2.93 bits per heavy atom. The van der Waals surface area contributed by atoms with E-state index in [-0.39, 0.29) is 18.6 Å². The highest BCUT2D eigenvalue weighted by atomic mass is 32.1. The SMILES string of the molecule is CCC(CO)NC(=O)Cc1csc(C)n1. The number of aliphatic hydroxyl groups excluding tert-OH is 1. The predicted molar refractivity (Wildman–Crippen MR) is 59.9 cm³/mol. The molecule has 0 saturated carbocycles. The molecule has 0 radical (unpaired) electrons. The summed E-state index contributed by atoms with van der Waals surface area (Å²) in [6.45, 7) is 3.82. The van der Waals surface area contributed by atoms with E-state index in [0.717, 1.165) is 17.1 Å². The van der Waals surface area contributed by atoms with Gasteiger partial charge in [-0.1, -0.05) is 6.92 Å². The van der Waals surface area contributed by atoms with Gasteiger partial charge in [0, 0.05) is 5.38 Å². The molecule has 5 heteroatoms. The van der Waals surface area contributed by atoms with E-state index in [1.807, 2.05) is 19.2 Å². The van der Waals surface area contributed by atoms with Crippen LogP contribution in [0.2, 0.25) is 0 Å². The zero-order valence-electron chi connectivity index (χ0n) is 8.99. The summed E-state index contributed by atoms with van der Waals surface area (Å²) in [5.41, 5.74) is 0.794. The van der Waals surface area contributed by atoms with E-state index in [2.05, 4.69) is 10.3 Å². The monoisotopic (exact) mass is 228 g/mol. The lowest BCUT2D eigenvalue weighted by Crippen LogP contribution is -2.37. The maximum atomic E-state index is 11.5. The second-order valence-corrected chi connectivity index (χ2v) is 4.45. The number of carbonyl (C=O) groups excluding carboxylic acids is 1. The van der Waals surface area contributed by atoms with Crippen LogP contribution in [0.3, 0.4) is 0 Å². The van der Waals surface area contributed by atoms with Crippen LogP contribution < -0.4 is 5.32 Å². The maximum Gasteiger partial charge on any atom is 0.226 e. The maximum absolute atomic E-state index is 11.5. The number of hydrogen-bond donors (Lipinski definition) is 2. The van der Waals surface area contributed by atoms with Crippen LogP contribution in [0.25, 0.3) is 0 Å². The second-order valence-electron chi connectivity index (χ2n) is 3.39. The van der Waals surface area contributed by atoms with Crippen molar-refractivity contribution in [3.63, 3.8) is 0 Å². The van der Waals surface area contributed by atoms with Crippen molar-refractivity contribution in [2.45, 2.75) is 32.7 Å². The summed E-state index contributed by atoms with van der Waals surface area (Å²) in [4.78, 5) is 15.7. The van der Waals surface area contributed by atoms with Gasteiger partial charge < -0.3 is 10.4 Å². The summed E-state index contributed by atoms with van der Waals surface area (Å²) < 4.78 is 0.